The van der Waals surface area contributed by atoms with Gasteiger partial charge >= 0.3 is 6.03 Å². The first-order chi connectivity index (χ1) is 13.8. The SMILES string of the molecule is O=C(N/N=C\c1ccccc1OCCOc1ccccc1)Nc1ccccc1. The minimum absolute atomic E-state index is 0.391. The van der Waals surface area contributed by atoms with Crippen molar-refractivity contribution in [2.24, 2.45) is 5.10 Å². The van der Waals surface area contributed by atoms with Gasteiger partial charge in [0.15, 0.2) is 0 Å². The highest BCUT2D eigenvalue weighted by atomic mass is 16.5. The third-order valence-electron chi connectivity index (χ3n) is 3.67. The van der Waals surface area contributed by atoms with Gasteiger partial charge in [-0.3, -0.25) is 0 Å². The second-order valence-electron chi connectivity index (χ2n) is 5.74. The summed E-state index contributed by atoms with van der Waals surface area (Å²) in [6.45, 7) is 0.814. The zero-order valence-corrected chi connectivity index (χ0v) is 15.2. The lowest BCUT2D eigenvalue weighted by atomic mass is 10.2. The standard InChI is InChI=1S/C22H21N3O3/c26-22(24-19-10-3-1-4-11-19)25-23-17-18-9-7-8-14-21(18)28-16-15-27-20-12-5-2-6-13-20/h1-14,17H,15-16H2,(H2,24,25,26)/b23-17-. The lowest BCUT2D eigenvalue weighted by Crippen LogP contribution is -2.24. The van der Waals surface area contributed by atoms with E-state index in [0.29, 0.717) is 24.7 Å². The summed E-state index contributed by atoms with van der Waals surface area (Å²) in [6.07, 6.45) is 1.54. The maximum absolute atomic E-state index is 11.8. The molecule has 0 bridgehead atoms. The summed E-state index contributed by atoms with van der Waals surface area (Å²) >= 11 is 0. The Bertz CT molecular complexity index is 899. The van der Waals surface area contributed by atoms with E-state index in [2.05, 4.69) is 15.8 Å². The number of hydrogen-bond acceptors (Lipinski definition) is 4. The highest BCUT2D eigenvalue weighted by molar-refractivity contribution is 5.90. The highest BCUT2D eigenvalue weighted by Gasteiger charge is 2.02. The summed E-state index contributed by atoms with van der Waals surface area (Å²) in [7, 11) is 0. The Labute approximate surface area is 163 Å². The fourth-order valence-corrected chi connectivity index (χ4v) is 2.39. The number of urea groups is 1. The molecule has 0 heterocycles. The van der Waals surface area contributed by atoms with Crippen molar-refractivity contribution >= 4 is 17.9 Å². The molecule has 0 saturated carbocycles. The maximum Gasteiger partial charge on any atom is 0.339 e. The first-order valence-corrected chi connectivity index (χ1v) is 8.86. The number of anilines is 1. The number of nitrogens with one attached hydrogen (secondary N) is 2. The monoisotopic (exact) mass is 375 g/mol. The fourth-order valence-electron chi connectivity index (χ4n) is 2.39. The predicted octanol–water partition coefficient (Wildman–Crippen LogP) is 4.30. The van der Waals surface area contributed by atoms with Gasteiger partial charge in [0, 0.05) is 11.3 Å². The summed E-state index contributed by atoms with van der Waals surface area (Å²) in [6, 6.07) is 25.7. The molecule has 3 aromatic carbocycles. The van der Waals surface area contributed by atoms with E-state index in [1.807, 2.05) is 72.8 Å². The summed E-state index contributed by atoms with van der Waals surface area (Å²) in [4.78, 5) is 11.8. The van der Waals surface area contributed by atoms with Crippen LogP contribution in [0.15, 0.2) is 90.0 Å². The molecular weight excluding hydrogens is 354 g/mol. The van der Waals surface area contributed by atoms with Gasteiger partial charge in [-0.25, -0.2) is 10.2 Å². The van der Waals surface area contributed by atoms with Crippen LogP contribution in [-0.4, -0.2) is 25.5 Å². The number of hydrogen-bond donors (Lipinski definition) is 2. The van der Waals surface area contributed by atoms with Gasteiger partial charge in [-0.2, -0.15) is 5.10 Å². The molecule has 0 fully saturated rings. The van der Waals surface area contributed by atoms with Gasteiger partial charge in [-0.1, -0.05) is 48.5 Å². The van der Waals surface area contributed by atoms with Crippen molar-refractivity contribution in [1.82, 2.24) is 5.43 Å². The number of amides is 2. The van der Waals surface area contributed by atoms with Crippen LogP contribution in [0.2, 0.25) is 0 Å². The second-order valence-corrected chi connectivity index (χ2v) is 5.74. The number of nitrogens with zero attached hydrogens (tertiary/aromatic N) is 1. The smallest absolute Gasteiger partial charge is 0.339 e. The van der Waals surface area contributed by atoms with Crippen molar-refractivity contribution in [3.8, 4) is 11.5 Å². The Kier molecular flexibility index (Phi) is 7.03. The molecule has 142 valence electrons. The molecule has 6 heteroatoms. The number of benzene rings is 3. The topological polar surface area (TPSA) is 72.0 Å². The van der Waals surface area contributed by atoms with E-state index < -0.39 is 6.03 Å². The number of carbonyl (C=O) groups is 1. The predicted molar refractivity (Wildman–Crippen MR) is 110 cm³/mol. The molecule has 28 heavy (non-hydrogen) atoms. The summed E-state index contributed by atoms with van der Waals surface area (Å²) in [5.41, 5.74) is 3.88. The van der Waals surface area contributed by atoms with Crippen LogP contribution in [0.4, 0.5) is 10.5 Å². The molecular formula is C22H21N3O3. The van der Waals surface area contributed by atoms with E-state index in [9.17, 15) is 4.79 Å². The van der Waals surface area contributed by atoms with Crippen LogP contribution in [0.5, 0.6) is 11.5 Å². The lowest BCUT2D eigenvalue weighted by Gasteiger charge is -2.10. The Morgan fingerprint density at radius 3 is 2.25 bits per heavy atom. The molecule has 0 aromatic heterocycles. The molecule has 6 nitrogen and oxygen atoms in total. The van der Waals surface area contributed by atoms with E-state index in [0.717, 1.165) is 11.3 Å². The zero-order valence-electron chi connectivity index (χ0n) is 15.2. The Morgan fingerprint density at radius 1 is 0.821 bits per heavy atom. The largest absolute Gasteiger partial charge is 0.490 e. The molecule has 0 aliphatic heterocycles. The molecule has 0 atom stereocenters. The molecule has 2 amide bonds. The van der Waals surface area contributed by atoms with Crippen LogP contribution in [0.3, 0.4) is 0 Å². The van der Waals surface area contributed by atoms with Gasteiger partial charge in [0.2, 0.25) is 0 Å². The van der Waals surface area contributed by atoms with Gasteiger partial charge < -0.3 is 14.8 Å². The molecule has 3 aromatic rings. The van der Waals surface area contributed by atoms with E-state index in [1.165, 1.54) is 6.21 Å². The summed E-state index contributed by atoms with van der Waals surface area (Å²) in [5.74, 6) is 1.46. The first kappa shape index (κ1) is 19.0. The van der Waals surface area contributed by atoms with Crippen molar-refractivity contribution in [1.29, 1.82) is 0 Å². The molecule has 0 aliphatic carbocycles. The number of rotatable bonds is 8. The third-order valence-corrected chi connectivity index (χ3v) is 3.67. The van der Waals surface area contributed by atoms with E-state index in [1.54, 1.807) is 12.1 Å². The van der Waals surface area contributed by atoms with E-state index in [4.69, 9.17) is 9.47 Å². The molecule has 2 N–H and O–H groups in total. The summed E-state index contributed by atoms with van der Waals surface area (Å²) < 4.78 is 11.4. The Morgan fingerprint density at radius 2 is 1.46 bits per heavy atom. The maximum atomic E-state index is 11.8. The minimum Gasteiger partial charge on any atom is -0.490 e. The number of hydrazone groups is 1. The average Bonchev–Trinajstić information content (AvgIpc) is 2.74. The van der Waals surface area contributed by atoms with E-state index in [-0.39, 0.29) is 0 Å². The third kappa shape index (κ3) is 6.17. The molecule has 0 unspecified atom stereocenters. The summed E-state index contributed by atoms with van der Waals surface area (Å²) in [5, 5.41) is 6.66. The van der Waals surface area contributed by atoms with Crippen LogP contribution >= 0.6 is 0 Å². The van der Waals surface area contributed by atoms with Gasteiger partial charge in [0.1, 0.15) is 24.7 Å². The molecule has 0 spiro atoms. The van der Waals surface area contributed by atoms with Crippen LogP contribution in [0.1, 0.15) is 5.56 Å². The molecule has 0 aliphatic rings. The quantitative estimate of drug-likeness (QED) is 0.350. The van der Waals surface area contributed by atoms with Crippen LogP contribution < -0.4 is 20.2 Å². The average molecular weight is 375 g/mol. The zero-order chi connectivity index (χ0) is 19.4. The van der Waals surface area contributed by atoms with Gasteiger partial charge in [0.25, 0.3) is 0 Å². The second kappa shape index (κ2) is 10.4. The van der Waals surface area contributed by atoms with Crippen molar-refractivity contribution in [3.05, 3.63) is 90.5 Å². The number of para-hydroxylation sites is 3. The molecule has 0 radical (unpaired) electrons. The van der Waals surface area contributed by atoms with Gasteiger partial charge in [-0.05, 0) is 36.4 Å². The van der Waals surface area contributed by atoms with Crippen LogP contribution in [-0.2, 0) is 0 Å². The Balaban J connectivity index is 1.47. The van der Waals surface area contributed by atoms with Gasteiger partial charge in [-0.15, -0.1) is 0 Å². The minimum atomic E-state index is -0.419. The highest BCUT2D eigenvalue weighted by Crippen LogP contribution is 2.16. The van der Waals surface area contributed by atoms with Crippen LogP contribution in [0, 0.1) is 0 Å². The van der Waals surface area contributed by atoms with Crippen molar-refractivity contribution in [3.63, 3.8) is 0 Å². The fraction of sp³-hybridized carbons (Fsp3) is 0.0909. The number of ether oxygens (including phenoxy) is 2. The lowest BCUT2D eigenvalue weighted by molar-refractivity contribution is 0.217. The first-order valence-electron chi connectivity index (χ1n) is 8.86. The molecule has 3 rings (SSSR count). The van der Waals surface area contributed by atoms with Gasteiger partial charge in [0.05, 0.1) is 6.21 Å². The van der Waals surface area contributed by atoms with Crippen molar-refractivity contribution in [2.45, 2.75) is 0 Å². The van der Waals surface area contributed by atoms with Crippen molar-refractivity contribution in [2.75, 3.05) is 18.5 Å². The normalized spacial score (nSPS) is 10.4. The Hall–Kier alpha value is -3.80. The number of carbonyl (C=O) groups excluding carboxylic acids is 1. The molecule has 0 saturated heterocycles. The van der Waals surface area contributed by atoms with E-state index >= 15 is 0 Å². The van der Waals surface area contributed by atoms with Crippen LogP contribution in [0.25, 0.3) is 0 Å². The van der Waals surface area contributed by atoms with Crippen molar-refractivity contribution < 1.29 is 14.3 Å².